The first-order chi connectivity index (χ1) is 12.0. The van der Waals surface area contributed by atoms with Crippen molar-refractivity contribution in [2.24, 2.45) is 10.9 Å². The number of aliphatic imine (C=N–C) groups is 1. The molecular formula is C21H37IN4. The van der Waals surface area contributed by atoms with E-state index < -0.39 is 0 Å². The second-order valence-corrected chi connectivity index (χ2v) is 7.86. The zero-order valence-corrected chi connectivity index (χ0v) is 19.5. The fourth-order valence-corrected chi connectivity index (χ4v) is 3.70. The van der Waals surface area contributed by atoms with Crippen molar-refractivity contribution >= 4 is 29.9 Å². The standard InChI is InChI=1S/C21H36N4.HI/c1-16(2)15-25-10-7-20(8-11-25)24-21(22-5)23-9-6-19-13-17(3)12-18(4)14-19;/h12-14,16,20H,6-11,15H2,1-5H3,(H2,22,23,24);1H. The van der Waals surface area contributed by atoms with Crippen LogP contribution in [0.25, 0.3) is 0 Å². The summed E-state index contributed by atoms with van der Waals surface area (Å²) in [5, 5.41) is 7.07. The number of nitrogens with zero attached hydrogens (tertiary/aromatic N) is 2. The molecule has 148 valence electrons. The molecule has 1 heterocycles. The van der Waals surface area contributed by atoms with Crippen LogP contribution >= 0.6 is 24.0 Å². The van der Waals surface area contributed by atoms with E-state index in [1.165, 1.54) is 49.2 Å². The molecule has 1 saturated heterocycles. The molecule has 0 aliphatic carbocycles. The highest BCUT2D eigenvalue weighted by Crippen LogP contribution is 2.12. The third kappa shape index (κ3) is 8.25. The molecule has 0 atom stereocenters. The predicted molar refractivity (Wildman–Crippen MR) is 124 cm³/mol. The minimum absolute atomic E-state index is 0. The minimum atomic E-state index is 0. The van der Waals surface area contributed by atoms with Crippen LogP contribution in [0.4, 0.5) is 0 Å². The summed E-state index contributed by atoms with van der Waals surface area (Å²) in [5.74, 6) is 1.69. The van der Waals surface area contributed by atoms with E-state index in [2.05, 4.69) is 66.4 Å². The molecule has 1 fully saturated rings. The van der Waals surface area contributed by atoms with E-state index in [-0.39, 0.29) is 24.0 Å². The van der Waals surface area contributed by atoms with Gasteiger partial charge in [0.1, 0.15) is 0 Å². The lowest BCUT2D eigenvalue weighted by atomic mass is 10.0. The van der Waals surface area contributed by atoms with Gasteiger partial charge in [-0.05, 0) is 44.6 Å². The Kier molecular flexibility index (Phi) is 10.5. The van der Waals surface area contributed by atoms with Gasteiger partial charge in [-0.15, -0.1) is 24.0 Å². The summed E-state index contributed by atoms with van der Waals surface area (Å²) in [7, 11) is 1.86. The summed E-state index contributed by atoms with van der Waals surface area (Å²) >= 11 is 0. The van der Waals surface area contributed by atoms with Gasteiger partial charge >= 0.3 is 0 Å². The molecule has 5 heteroatoms. The number of rotatable bonds is 6. The van der Waals surface area contributed by atoms with E-state index in [9.17, 15) is 0 Å². The van der Waals surface area contributed by atoms with Gasteiger partial charge in [0, 0.05) is 39.3 Å². The Balaban J connectivity index is 0.00000338. The molecule has 4 nitrogen and oxygen atoms in total. The van der Waals surface area contributed by atoms with Gasteiger partial charge in [0.2, 0.25) is 0 Å². The Bertz CT molecular complexity index is 543. The molecule has 0 spiro atoms. The molecule has 1 aromatic rings. The first-order valence-corrected chi connectivity index (χ1v) is 9.73. The van der Waals surface area contributed by atoms with Crippen LogP contribution in [-0.4, -0.2) is 50.1 Å². The second kappa shape index (κ2) is 11.8. The maximum absolute atomic E-state index is 4.40. The molecule has 0 bridgehead atoms. The lowest BCUT2D eigenvalue weighted by Crippen LogP contribution is -2.49. The number of nitrogens with one attached hydrogen (secondary N) is 2. The number of guanidine groups is 1. The smallest absolute Gasteiger partial charge is 0.191 e. The Morgan fingerprint density at radius 1 is 1.15 bits per heavy atom. The fourth-order valence-electron chi connectivity index (χ4n) is 3.70. The molecule has 0 amide bonds. The molecule has 0 aromatic heterocycles. The summed E-state index contributed by atoms with van der Waals surface area (Å²) < 4.78 is 0. The van der Waals surface area contributed by atoms with Gasteiger partial charge in [-0.3, -0.25) is 4.99 Å². The third-order valence-corrected chi connectivity index (χ3v) is 4.76. The molecule has 2 N–H and O–H groups in total. The van der Waals surface area contributed by atoms with Crippen LogP contribution in [0.15, 0.2) is 23.2 Å². The Morgan fingerprint density at radius 2 is 1.77 bits per heavy atom. The van der Waals surface area contributed by atoms with Crippen molar-refractivity contribution in [1.82, 2.24) is 15.5 Å². The SMILES string of the molecule is CN=C(NCCc1cc(C)cc(C)c1)NC1CCN(CC(C)C)CC1.I. The van der Waals surface area contributed by atoms with Gasteiger partial charge in [-0.2, -0.15) is 0 Å². The Labute approximate surface area is 177 Å². The van der Waals surface area contributed by atoms with E-state index >= 15 is 0 Å². The number of halogens is 1. The number of likely N-dealkylation sites (tertiary alicyclic amines) is 1. The van der Waals surface area contributed by atoms with Crippen LogP contribution in [-0.2, 0) is 6.42 Å². The summed E-state index contributed by atoms with van der Waals surface area (Å²) in [6.07, 6.45) is 3.42. The normalized spacial score (nSPS) is 16.5. The van der Waals surface area contributed by atoms with Crippen molar-refractivity contribution in [3.8, 4) is 0 Å². The maximum atomic E-state index is 4.40. The molecular weight excluding hydrogens is 435 g/mol. The van der Waals surface area contributed by atoms with E-state index in [0.717, 1.165) is 24.8 Å². The molecule has 0 unspecified atom stereocenters. The summed E-state index contributed by atoms with van der Waals surface area (Å²) in [4.78, 5) is 6.98. The van der Waals surface area contributed by atoms with Gasteiger partial charge in [-0.25, -0.2) is 0 Å². The van der Waals surface area contributed by atoms with Crippen molar-refractivity contribution < 1.29 is 0 Å². The zero-order valence-electron chi connectivity index (χ0n) is 17.1. The van der Waals surface area contributed by atoms with Crippen molar-refractivity contribution in [3.63, 3.8) is 0 Å². The van der Waals surface area contributed by atoms with E-state index in [1.54, 1.807) is 0 Å². The molecule has 26 heavy (non-hydrogen) atoms. The number of benzene rings is 1. The van der Waals surface area contributed by atoms with Crippen LogP contribution in [0.3, 0.4) is 0 Å². The topological polar surface area (TPSA) is 39.7 Å². The molecule has 1 aromatic carbocycles. The third-order valence-electron chi connectivity index (χ3n) is 4.76. The lowest BCUT2D eigenvalue weighted by molar-refractivity contribution is 0.187. The fraction of sp³-hybridized carbons (Fsp3) is 0.667. The van der Waals surface area contributed by atoms with Gasteiger partial charge in [-0.1, -0.05) is 43.2 Å². The highest BCUT2D eigenvalue weighted by atomic mass is 127. The number of hydrogen-bond acceptors (Lipinski definition) is 2. The average Bonchev–Trinajstić information content (AvgIpc) is 2.54. The summed E-state index contributed by atoms with van der Waals surface area (Å²) in [6.45, 7) is 13.4. The molecule has 0 saturated carbocycles. The van der Waals surface area contributed by atoms with Crippen molar-refractivity contribution in [3.05, 3.63) is 34.9 Å². The molecule has 2 rings (SSSR count). The predicted octanol–water partition coefficient (Wildman–Crippen LogP) is 3.75. The van der Waals surface area contributed by atoms with Gasteiger partial charge in [0.25, 0.3) is 0 Å². The highest BCUT2D eigenvalue weighted by Gasteiger charge is 2.20. The Hall–Kier alpha value is -0.820. The number of piperidine rings is 1. The number of aryl methyl sites for hydroxylation is 2. The van der Waals surface area contributed by atoms with Gasteiger partial charge in [0.15, 0.2) is 5.96 Å². The number of hydrogen-bond donors (Lipinski definition) is 2. The van der Waals surface area contributed by atoms with Crippen LogP contribution in [0, 0.1) is 19.8 Å². The van der Waals surface area contributed by atoms with E-state index in [0.29, 0.717) is 6.04 Å². The lowest BCUT2D eigenvalue weighted by Gasteiger charge is -2.34. The molecule has 1 aliphatic rings. The van der Waals surface area contributed by atoms with Crippen LogP contribution < -0.4 is 10.6 Å². The monoisotopic (exact) mass is 472 g/mol. The van der Waals surface area contributed by atoms with Crippen molar-refractivity contribution in [1.29, 1.82) is 0 Å². The molecule has 1 aliphatic heterocycles. The quantitative estimate of drug-likeness (QED) is 0.377. The van der Waals surface area contributed by atoms with Gasteiger partial charge < -0.3 is 15.5 Å². The van der Waals surface area contributed by atoms with Crippen molar-refractivity contribution in [2.75, 3.05) is 33.2 Å². The van der Waals surface area contributed by atoms with Crippen LogP contribution in [0.2, 0.25) is 0 Å². The van der Waals surface area contributed by atoms with Crippen LogP contribution in [0.5, 0.6) is 0 Å². The van der Waals surface area contributed by atoms with Crippen molar-refractivity contribution in [2.45, 2.75) is 53.0 Å². The van der Waals surface area contributed by atoms with Gasteiger partial charge in [0.05, 0.1) is 0 Å². The maximum Gasteiger partial charge on any atom is 0.191 e. The zero-order chi connectivity index (χ0) is 18.2. The average molecular weight is 472 g/mol. The van der Waals surface area contributed by atoms with Crippen LogP contribution in [0.1, 0.15) is 43.4 Å². The first-order valence-electron chi connectivity index (χ1n) is 9.73. The molecule has 0 radical (unpaired) electrons. The van der Waals surface area contributed by atoms with E-state index in [4.69, 9.17) is 0 Å². The van der Waals surface area contributed by atoms with E-state index in [1.807, 2.05) is 7.05 Å². The summed E-state index contributed by atoms with van der Waals surface area (Å²) in [5.41, 5.74) is 4.07. The largest absolute Gasteiger partial charge is 0.356 e. The minimum Gasteiger partial charge on any atom is -0.356 e. The summed E-state index contributed by atoms with van der Waals surface area (Å²) in [6, 6.07) is 7.31. The highest BCUT2D eigenvalue weighted by molar-refractivity contribution is 14.0. The Morgan fingerprint density at radius 3 is 2.31 bits per heavy atom. The second-order valence-electron chi connectivity index (χ2n) is 7.86. The first kappa shape index (κ1) is 23.2.